The second kappa shape index (κ2) is 9.28. The van der Waals surface area contributed by atoms with Crippen LogP contribution in [0.5, 0.6) is 5.75 Å². The molecule has 0 spiro atoms. The Bertz CT molecular complexity index is 1430. The van der Waals surface area contributed by atoms with Crippen molar-refractivity contribution in [2.24, 2.45) is 0 Å². The van der Waals surface area contributed by atoms with Crippen molar-refractivity contribution in [3.63, 3.8) is 0 Å². The lowest BCUT2D eigenvalue weighted by atomic mass is 9.92. The molecule has 0 radical (unpaired) electrons. The summed E-state index contributed by atoms with van der Waals surface area (Å²) in [7, 11) is 1.62. The third-order valence-corrected chi connectivity index (χ3v) is 7.74. The van der Waals surface area contributed by atoms with Gasteiger partial charge >= 0.3 is 0 Å². The summed E-state index contributed by atoms with van der Waals surface area (Å²) in [5.74, 6) is 0.266. The number of hydrogen-bond donors (Lipinski definition) is 1. The maximum absolute atomic E-state index is 14.0. The van der Waals surface area contributed by atoms with Crippen LogP contribution in [0.2, 0.25) is 0 Å². The van der Waals surface area contributed by atoms with Crippen LogP contribution in [0.1, 0.15) is 34.1 Å². The number of amides is 2. The number of methoxy groups -OCH3 is 1. The Kier molecular flexibility index (Phi) is 6.14. The van der Waals surface area contributed by atoms with Gasteiger partial charge in [0.1, 0.15) is 22.7 Å². The van der Waals surface area contributed by atoms with E-state index < -0.39 is 5.54 Å². The van der Waals surface area contributed by atoms with Gasteiger partial charge in [-0.3, -0.25) is 19.2 Å². The first-order chi connectivity index (χ1) is 17.3. The van der Waals surface area contributed by atoms with Crippen LogP contribution in [-0.4, -0.2) is 34.2 Å². The van der Waals surface area contributed by atoms with Crippen molar-refractivity contribution >= 4 is 28.8 Å². The molecule has 1 unspecified atom stereocenters. The van der Waals surface area contributed by atoms with Gasteiger partial charge in [-0.1, -0.05) is 30.3 Å². The van der Waals surface area contributed by atoms with Crippen molar-refractivity contribution in [2.45, 2.75) is 39.4 Å². The Labute approximate surface area is 214 Å². The lowest BCUT2D eigenvalue weighted by molar-refractivity contribution is -0.126. The molecule has 4 aromatic rings. The number of anilines is 1. The number of benzene rings is 2. The zero-order chi connectivity index (χ0) is 25.4. The van der Waals surface area contributed by atoms with E-state index in [0.29, 0.717) is 12.2 Å². The van der Waals surface area contributed by atoms with Gasteiger partial charge in [-0.15, -0.1) is 11.3 Å². The van der Waals surface area contributed by atoms with Gasteiger partial charge in [0.25, 0.3) is 5.91 Å². The van der Waals surface area contributed by atoms with E-state index in [9.17, 15) is 9.59 Å². The molecule has 0 fully saturated rings. The molecule has 0 bridgehead atoms. The zero-order valence-electron chi connectivity index (χ0n) is 20.7. The summed E-state index contributed by atoms with van der Waals surface area (Å²) in [6, 6.07) is 19.1. The van der Waals surface area contributed by atoms with Crippen molar-refractivity contribution in [2.75, 3.05) is 12.0 Å². The van der Waals surface area contributed by atoms with Crippen LogP contribution in [0, 0.1) is 13.8 Å². The number of nitrogens with zero attached hydrogens (tertiary/aromatic N) is 3. The number of carbonyl (C=O) groups excluding carboxylic acids is 2. The fraction of sp³-hybridized carbons (Fsp3) is 0.250. The molecule has 2 aromatic carbocycles. The van der Waals surface area contributed by atoms with E-state index in [1.54, 1.807) is 28.0 Å². The van der Waals surface area contributed by atoms with Gasteiger partial charge in [0.2, 0.25) is 5.91 Å². The van der Waals surface area contributed by atoms with E-state index in [-0.39, 0.29) is 18.4 Å². The second-order valence-corrected chi connectivity index (χ2v) is 10.2. The highest BCUT2D eigenvalue weighted by Crippen LogP contribution is 2.37. The molecule has 8 heteroatoms. The van der Waals surface area contributed by atoms with E-state index in [1.165, 1.54) is 0 Å². The summed E-state index contributed by atoms with van der Waals surface area (Å²) >= 11 is 1.57. The lowest BCUT2D eigenvalue weighted by Gasteiger charge is -2.43. The number of aromatic nitrogens is 2. The smallest absolute Gasteiger partial charge is 0.277 e. The van der Waals surface area contributed by atoms with Gasteiger partial charge < -0.3 is 10.1 Å². The Balaban J connectivity index is 1.53. The SMILES string of the molecule is COc1ccc(CNC(=O)C2(C)Cn3nc(-c4cccs4)cc3C(=O)N2c2cccc(C)c2C)cc1. The minimum absolute atomic E-state index is 0.237. The Hall–Kier alpha value is -3.91. The minimum Gasteiger partial charge on any atom is -0.497 e. The molecule has 2 aromatic heterocycles. The third-order valence-electron chi connectivity index (χ3n) is 6.85. The van der Waals surface area contributed by atoms with Gasteiger partial charge in [-0.05, 0) is 73.2 Å². The number of thiophene rings is 1. The van der Waals surface area contributed by atoms with E-state index in [4.69, 9.17) is 9.84 Å². The first-order valence-corrected chi connectivity index (χ1v) is 12.6. The molecule has 1 atom stereocenters. The van der Waals surface area contributed by atoms with Gasteiger partial charge in [0.05, 0.1) is 18.5 Å². The average molecular weight is 501 g/mol. The first-order valence-electron chi connectivity index (χ1n) is 11.8. The average Bonchev–Trinajstić information content (AvgIpc) is 3.55. The van der Waals surface area contributed by atoms with Gasteiger partial charge in [-0.2, -0.15) is 5.10 Å². The van der Waals surface area contributed by atoms with Gasteiger partial charge in [-0.25, -0.2) is 0 Å². The maximum Gasteiger partial charge on any atom is 0.277 e. The number of carbonyl (C=O) groups is 2. The summed E-state index contributed by atoms with van der Waals surface area (Å²) in [5.41, 5.74) is 3.71. The molecule has 5 rings (SSSR count). The molecule has 3 heterocycles. The maximum atomic E-state index is 14.0. The third kappa shape index (κ3) is 4.07. The minimum atomic E-state index is -1.19. The van der Waals surface area contributed by atoms with Crippen LogP contribution in [-0.2, 0) is 17.9 Å². The van der Waals surface area contributed by atoms with Crippen LogP contribution in [0.4, 0.5) is 5.69 Å². The molecule has 0 saturated carbocycles. The predicted molar refractivity (Wildman–Crippen MR) is 142 cm³/mol. The quantitative estimate of drug-likeness (QED) is 0.405. The number of hydrogen-bond acceptors (Lipinski definition) is 5. The molecule has 0 saturated heterocycles. The Morgan fingerprint density at radius 3 is 2.61 bits per heavy atom. The van der Waals surface area contributed by atoms with Crippen LogP contribution in [0.3, 0.4) is 0 Å². The van der Waals surface area contributed by atoms with Crippen molar-refractivity contribution < 1.29 is 14.3 Å². The fourth-order valence-corrected chi connectivity index (χ4v) is 5.28. The molecular weight excluding hydrogens is 472 g/mol. The van der Waals surface area contributed by atoms with Crippen molar-refractivity contribution in [1.82, 2.24) is 15.1 Å². The molecule has 1 N–H and O–H groups in total. The largest absolute Gasteiger partial charge is 0.497 e. The highest BCUT2D eigenvalue weighted by Gasteiger charge is 2.49. The number of fused-ring (bicyclic) bond motifs is 1. The Morgan fingerprint density at radius 2 is 1.92 bits per heavy atom. The van der Waals surface area contributed by atoms with E-state index in [0.717, 1.165) is 38.7 Å². The van der Waals surface area contributed by atoms with Gasteiger partial charge in [0.15, 0.2) is 0 Å². The molecule has 2 amide bonds. The molecule has 7 nitrogen and oxygen atoms in total. The summed E-state index contributed by atoms with van der Waals surface area (Å²) < 4.78 is 6.90. The number of rotatable bonds is 6. The monoisotopic (exact) mass is 500 g/mol. The number of nitrogens with one attached hydrogen (secondary N) is 1. The number of ether oxygens (including phenoxy) is 1. The van der Waals surface area contributed by atoms with Crippen molar-refractivity contribution in [1.29, 1.82) is 0 Å². The standard InChI is InChI=1S/C28H28N4O3S/c1-18-7-5-8-23(19(18)2)32-26(33)24-15-22(25-9-6-14-36-25)30-31(24)17-28(32,3)27(34)29-16-20-10-12-21(35-4)13-11-20/h5-15H,16-17H2,1-4H3,(H,29,34). The molecule has 36 heavy (non-hydrogen) atoms. The summed E-state index contributed by atoms with van der Waals surface area (Å²) in [5, 5.41) is 9.75. The fourth-order valence-electron chi connectivity index (χ4n) is 4.60. The first kappa shape index (κ1) is 23.8. The van der Waals surface area contributed by atoms with Crippen LogP contribution in [0.25, 0.3) is 10.6 Å². The summed E-state index contributed by atoms with van der Waals surface area (Å²) in [6.45, 7) is 6.37. The highest BCUT2D eigenvalue weighted by molar-refractivity contribution is 7.13. The topological polar surface area (TPSA) is 76.5 Å². The van der Waals surface area contributed by atoms with E-state index >= 15 is 0 Å². The highest BCUT2D eigenvalue weighted by atomic mass is 32.1. The second-order valence-electron chi connectivity index (χ2n) is 9.21. The molecule has 0 aliphatic carbocycles. The molecule has 184 valence electrons. The summed E-state index contributed by atoms with van der Waals surface area (Å²) in [6.07, 6.45) is 0. The van der Waals surface area contributed by atoms with E-state index in [2.05, 4.69) is 5.32 Å². The summed E-state index contributed by atoms with van der Waals surface area (Å²) in [4.78, 5) is 30.4. The Morgan fingerprint density at radius 1 is 1.14 bits per heavy atom. The lowest BCUT2D eigenvalue weighted by Crippen LogP contribution is -2.64. The van der Waals surface area contributed by atoms with Crippen molar-refractivity contribution in [3.8, 4) is 16.3 Å². The van der Waals surface area contributed by atoms with Crippen molar-refractivity contribution in [3.05, 3.63) is 88.4 Å². The van der Waals surface area contributed by atoms with E-state index in [1.807, 2.05) is 86.8 Å². The molecule has 1 aliphatic rings. The van der Waals surface area contributed by atoms with Crippen LogP contribution >= 0.6 is 11.3 Å². The molecule has 1 aliphatic heterocycles. The predicted octanol–water partition coefficient (Wildman–Crippen LogP) is 4.97. The normalized spacial score (nSPS) is 17.1. The van der Waals surface area contributed by atoms with Crippen LogP contribution < -0.4 is 15.0 Å². The number of aryl methyl sites for hydroxylation is 1. The van der Waals surface area contributed by atoms with Crippen LogP contribution in [0.15, 0.2) is 66.0 Å². The van der Waals surface area contributed by atoms with Gasteiger partial charge in [0, 0.05) is 12.2 Å². The zero-order valence-corrected chi connectivity index (χ0v) is 21.6. The molecular formula is C28H28N4O3S.